The molecule has 1 amide bonds. The largest absolute Gasteiger partial charge is 0.481 e. The van der Waals surface area contributed by atoms with Crippen LogP contribution in [0.4, 0.5) is 4.79 Å². The average Bonchev–Trinajstić information content (AvgIpc) is 2.76. The Morgan fingerprint density at radius 3 is 2.10 bits per heavy atom. The second-order valence-corrected chi connectivity index (χ2v) is 7.25. The van der Waals surface area contributed by atoms with Gasteiger partial charge in [-0.15, -0.1) is 0 Å². The number of benzene rings is 2. The van der Waals surface area contributed by atoms with E-state index < -0.39 is 24.0 Å². The Morgan fingerprint density at radius 2 is 1.53 bits per heavy atom. The molecular weight excluding hydrogens is 382 g/mol. The number of unbranched alkanes of at least 4 members (excludes halogenated alkanes) is 2. The Morgan fingerprint density at radius 1 is 0.933 bits per heavy atom. The third-order valence-electron chi connectivity index (χ3n) is 4.85. The molecule has 0 saturated carbocycles. The first-order chi connectivity index (χ1) is 14.6. The zero-order chi connectivity index (χ0) is 21.6. The molecule has 0 fully saturated rings. The van der Waals surface area contributed by atoms with E-state index >= 15 is 0 Å². The van der Waals surface area contributed by atoms with E-state index in [-0.39, 0.29) is 13.2 Å². The van der Waals surface area contributed by atoms with Crippen LogP contribution in [0.2, 0.25) is 0 Å². The third-order valence-corrected chi connectivity index (χ3v) is 4.85. The van der Waals surface area contributed by atoms with Gasteiger partial charge in [-0.3, -0.25) is 4.79 Å². The van der Waals surface area contributed by atoms with Gasteiger partial charge in [0.1, 0.15) is 6.61 Å². The van der Waals surface area contributed by atoms with Gasteiger partial charge in [0.25, 0.3) is 0 Å². The minimum absolute atomic E-state index is 0.0957. The highest BCUT2D eigenvalue weighted by molar-refractivity contribution is 5.73. The molecule has 0 aromatic heterocycles. The van der Waals surface area contributed by atoms with Crippen LogP contribution < -0.4 is 5.32 Å². The van der Waals surface area contributed by atoms with E-state index in [2.05, 4.69) is 12.2 Å². The van der Waals surface area contributed by atoms with Crippen molar-refractivity contribution in [3.8, 4) is 0 Å². The Balaban J connectivity index is 1.96. The number of alkyl carbamates (subject to hydrolysis) is 1. The maximum Gasteiger partial charge on any atom is 0.407 e. The summed E-state index contributed by atoms with van der Waals surface area (Å²) in [4.78, 5) is 24.2. The first-order valence-electron chi connectivity index (χ1n) is 10.4. The molecule has 0 heterocycles. The van der Waals surface area contributed by atoms with Crippen LogP contribution >= 0.6 is 0 Å². The Kier molecular flexibility index (Phi) is 10.4. The second kappa shape index (κ2) is 13.4. The van der Waals surface area contributed by atoms with Crippen LogP contribution in [-0.2, 0) is 27.5 Å². The summed E-state index contributed by atoms with van der Waals surface area (Å²) in [5.74, 6) is -1.68. The lowest BCUT2D eigenvalue weighted by molar-refractivity contribution is -0.143. The molecule has 0 aliphatic carbocycles. The van der Waals surface area contributed by atoms with Gasteiger partial charge in [0, 0.05) is 0 Å². The van der Waals surface area contributed by atoms with E-state index in [1.165, 1.54) is 0 Å². The van der Waals surface area contributed by atoms with Gasteiger partial charge in [0.2, 0.25) is 0 Å². The number of ether oxygens (including phenoxy) is 2. The van der Waals surface area contributed by atoms with Crippen LogP contribution in [0, 0.1) is 5.92 Å². The van der Waals surface area contributed by atoms with Crippen molar-refractivity contribution in [1.82, 2.24) is 5.32 Å². The fourth-order valence-electron chi connectivity index (χ4n) is 3.16. The van der Waals surface area contributed by atoms with Crippen molar-refractivity contribution in [2.75, 3.05) is 6.61 Å². The summed E-state index contributed by atoms with van der Waals surface area (Å²) in [6, 6.07) is 18.3. The van der Waals surface area contributed by atoms with Crippen molar-refractivity contribution < 1.29 is 24.2 Å². The summed E-state index contributed by atoms with van der Waals surface area (Å²) in [5.41, 5.74) is 1.85. The summed E-state index contributed by atoms with van der Waals surface area (Å²) in [7, 11) is 0. The van der Waals surface area contributed by atoms with Crippen LogP contribution in [0.25, 0.3) is 0 Å². The maximum atomic E-state index is 12.3. The molecular formula is C24H31NO5. The van der Waals surface area contributed by atoms with Gasteiger partial charge in [0.15, 0.2) is 0 Å². The van der Waals surface area contributed by atoms with Gasteiger partial charge < -0.3 is 19.9 Å². The summed E-state index contributed by atoms with van der Waals surface area (Å²) in [6.07, 6.45) is 2.55. The maximum absolute atomic E-state index is 12.3. The number of nitrogens with one attached hydrogen (secondary N) is 1. The number of rotatable bonds is 13. The first-order valence-corrected chi connectivity index (χ1v) is 10.4. The van der Waals surface area contributed by atoms with E-state index in [9.17, 15) is 14.7 Å². The molecule has 6 nitrogen and oxygen atoms in total. The lowest BCUT2D eigenvalue weighted by Crippen LogP contribution is -2.46. The fourth-order valence-corrected chi connectivity index (χ4v) is 3.16. The molecule has 0 radical (unpaired) electrons. The molecule has 0 aliphatic rings. The molecule has 162 valence electrons. The van der Waals surface area contributed by atoms with Crippen LogP contribution in [0.15, 0.2) is 60.7 Å². The Hall–Kier alpha value is -2.86. The zero-order valence-electron chi connectivity index (χ0n) is 17.5. The number of carbonyl (C=O) groups excluding carboxylic acids is 1. The molecule has 2 rings (SSSR count). The molecule has 0 saturated heterocycles. The van der Waals surface area contributed by atoms with Gasteiger partial charge in [-0.25, -0.2) is 4.79 Å². The summed E-state index contributed by atoms with van der Waals surface area (Å²) in [5, 5.41) is 12.4. The molecule has 2 atom stereocenters. The van der Waals surface area contributed by atoms with Crippen molar-refractivity contribution in [2.45, 2.75) is 51.9 Å². The van der Waals surface area contributed by atoms with Crippen molar-refractivity contribution in [3.63, 3.8) is 0 Å². The summed E-state index contributed by atoms with van der Waals surface area (Å²) < 4.78 is 11.0. The van der Waals surface area contributed by atoms with E-state index in [0.717, 1.165) is 30.4 Å². The van der Waals surface area contributed by atoms with Crippen molar-refractivity contribution in [1.29, 1.82) is 0 Å². The predicted molar refractivity (Wildman–Crippen MR) is 115 cm³/mol. The monoisotopic (exact) mass is 413 g/mol. The molecule has 2 aromatic carbocycles. The average molecular weight is 414 g/mol. The molecule has 0 aliphatic heterocycles. The van der Waals surface area contributed by atoms with Gasteiger partial charge in [0.05, 0.1) is 25.2 Å². The van der Waals surface area contributed by atoms with Crippen molar-refractivity contribution in [3.05, 3.63) is 71.8 Å². The number of hydrogen-bond acceptors (Lipinski definition) is 4. The van der Waals surface area contributed by atoms with Crippen LogP contribution in [0.1, 0.15) is 43.7 Å². The van der Waals surface area contributed by atoms with Gasteiger partial charge in [-0.05, 0) is 17.5 Å². The highest BCUT2D eigenvalue weighted by Gasteiger charge is 2.30. The topological polar surface area (TPSA) is 84.9 Å². The fraction of sp³-hybridized carbons (Fsp3) is 0.417. The highest BCUT2D eigenvalue weighted by Crippen LogP contribution is 2.16. The van der Waals surface area contributed by atoms with Gasteiger partial charge in [-0.1, -0.05) is 86.8 Å². The zero-order valence-corrected chi connectivity index (χ0v) is 17.5. The summed E-state index contributed by atoms with van der Waals surface area (Å²) in [6.45, 7) is 2.63. The second-order valence-electron chi connectivity index (χ2n) is 7.25. The molecule has 6 heteroatoms. The number of carboxylic acid groups (broad SMARTS) is 1. The number of amides is 1. The van der Waals surface area contributed by atoms with Crippen LogP contribution in [0.3, 0.4) is 0 Å². The van der Waals surface area contributed by atoms with E-state index in [4.69, 9.17) is 9.47 Å². The lowest BCUT2D eigenvalue weighted by Gasteiger charge is -2.25. The van der Waals surface area contributed by atoms with Crippen LogP contribution in [0.5, 0.6) is 0 Å². The quantitative estimate of drug-likeness (QED) is 0.462. The number of carbonyl (C=O) groups is 2. The number of carboxylic acids is 1. The van der Waals surface area contributed by atoms with Crippen LogP contribution in [-0.4, -0.2) is 29.8 Å². The minimum atomic E-state index is -0.942. The highest BCUT2D eigenvalue weighted by atomic mass is 16.5. The standard InChI is InChI=1S/C24H31NO5/c1-2-3-6-15-21(23(26)27)22(18-29-16-19-11-7-4-8-12-19)25-24(28)30-17-20-13-9-5-10-14-20/h4-5,7-14,21-22H,2-3,6,15-18H2,1H3,(H,25,28)(H,26,27)/t21-,22-/m1/s1. The Bertz CT molecular complexity index is 751. The molecule has 2 aromatic rings. The SMILES string of the molecule is CCCCC[C@@H](C(=O)O)[C@@H](COCc1ccccc1)NC(=O)OCc1ccccc1. The predicted octanol–water partition coefficient (Wildman–Crippen LogP) is 4.78. The Labute approximate surface area is 178 Å². The molecule has 0 bridgehead atoms. The van der Waals surface area contributed by atoms with Crippen molar-refractivity contribution in [2.24, 2.45) is 5.92 Å². The smallest absolute Gasteiger partial charge is 0.407 e. The summed E-state index contributed by atoms with van der Waals surface area (Å²) >= 11 is 0. The minimum Gasteiger partial charge on any atom is -0.481 e. The van der Waals surface area contributed by atoms with Gasteiger partial charge >= 0.3 is 12.1 Å². The van der Waals surface area contributed by atoms with E-state index in [0.29, 0.717) is 13.0 Å². The normalized spacial score (nSPS) is 12.7. The number of aliphatic carboxylic acids is 1. The van der Waals surface area contributed by atoms with E-state index in [1.807, 2.05) is 60.7 Å². The molecule has 0 unspecified atom stereocenters. The third kappa shape index (κ3) is 8.66. The lowest BCUT2D eigenvalue weighted by atomic mass is 9.94. The molecule has 0 spiro atoms. The first kappa shape index (κ1) is 23.4. The molecule has 30 heavy (non-hydrogen) atoms. The van der Waals surface area contributed by atoms with E-state index in [1.54, 1.807) is 0 Å². The van der Waals surface area contributed by atoms with Crippen molar-refractivity contribution >= 4 is 12.1 Å². The number of hydrogen-bond donors (Lipinski definition) is 2. The molecule has 2 N–H and O–H groups in total. The van der Waals surface area contributed by atoms with Gasteiger partial charge in [-0.2, -0.15) is 0 Å².